The lowest BCUT2D eigenvalue weighted by Gasteiger charge is -2.18. The number of rotatable bonds is 61. The third kappa shape index (κ3) is 59.2. The van der Waals surface area contributed by atoms with Gasteiger partial charge in [-0.3, -0.25) is 14.4 Å². The number of esters is 3. The van der Waals surface area contributed by atoms with Gasteiger partial charge in [0, 0.05) is 19.3 Å². The maximum atomic E-state index is 12.8. The summed E-state index contributed by atoms with van der Waals surface area (Å²) < 4.78 is 16.9. The van der Waals surface area contributed by atoms with Crippen LogP contribution in [0.2, 0.25) is 0 Å². The Morgan fingerprint density at radius 1 is 0.225 bits per heavy atom. The number of hydrogen-bond donors (Lipinski definition) is 0. The van der Waals surface area contributed by atoms with Crippen molar-refractivity contribution in [2.24, 2.45) is 0 Å². The van der Waals surface area contributed by atoms with E-state index in [2.05, 4.69) is 20.8 Å². The first-order valence-electron chi connectivity index (χ1n) is 32.5. The maximum absolute atomic E-state index is 12.8. The minimum absolute atomic E-state index is 0.0613. The Labute approximate surface area is 444 Å². The van der Waals surface area contributed by atoms with Crippen LogP contribution in [0.5, 0.6) is 0 Å². The highest BCUT2D eigenvalue weighted by Gasteiger charge is 2.19. The smallest absolute Gasteiger partial charge is 0.306 e. The van der Waals surface area contributed by atoms with E-state index in [1.54, 1.807) is 0 Å². The highest BCUT2D eigenvalue weighted by Crippen LogP contribution is 2.19. The quantitative estimate of drug-likeness (QED) is 0.0343. The summed E-state index contributed by atoms with van der Waals surface area (Å²) in [5, 5.41) is 0. The molecule has 0 aliphatic heterocycles. The van der Waals surface area contributed by atoms with Gasteiger partial charge in [-0.05, 0) is 19.3 Å². The van der Waals surface area contributed by atoms with Crippen molar-refractivity contribution in [3.63, 3.8) is 0 Å². The van der Waals surface area contributed by atoms with Gasteiger partial charge in [-0.1, -0.05) is 342 Å². The van der Waals surface area contributed by atoms with Gasteiger partial charge >= 0.3 is 17.9 Å². The molecule has 0 aliphatic rings. The van der Waals surface area contributed by atoms with Gasteiger partial charge in [-0.25, -0.2) is 0 Å². The van der Waals surface area contributed by atoms with E-state index in [0.29, 0.717) is 19.3 Å². The molecule has 0 rings (SSSR count). The SMILES string of the molecule is CCCCCCCCCCCCCCCCCCCCCCCCCCCCCCCCCC(=O)OCC(COC(=O)CCCCCCCCCCCC)OC(=O)CCCCCCCCCCCCCC. The fourth-order valence-corrected chi connectivity index (χ4v) is 10.2. The van der Waals surface area contributed by atoms with E-state index in [0.717, 1.165) is 57.8 Å². The number of carbonyl (C=O) groups is 3. The third-order valence-corrected chi connectivity index (χ3v) is 15.1. The van der Waals surface area contributed by atoms with Crippen LogP contribution in [0.1, 0.15) is 380 Å². The van der Waals surface area contributed by atoms with Crippen molar-refractivity contribution in [2.45, 2.75) is 386 Å². The van der Waals surface area contributed by atoms with Crippen molar-refractivity contribution in [1.82, 2.24) is 0 Å². The molecular formula is C65H126O6. The summed E-state index contributed by atoms with van der Waals surface area (Å²) in [4.78, 5) is 38.1. The average Bonchev–Trinajstić information content (AvgIpc) is 3.37. The second-order valence-electron chi connectivity index (χ2n) is 22.4. The monoisotopic (exact) mass is 1000 g/mol. The van der Waals surface area contributed by atoms with Gasteiger partial charge in [0.15, 0.2) is 6.10 Å². The molecule has 0 N–H and O–H groups in total. The lowest BCUT2D eigenvalue weighted by atomic mass is 10.0. The summed E-state index contributed by atoms with van der Waals surface area (Å²) in [7, 11) is 0. The molecule has 0 aromatic carbocycles. The van der Waals surface area contributed by atoms with Crippen molar-refractivity contribution in [2.75, 3.05) is 13.2 Å². The summed E-state index contributed by atoms with van der Waals surface area (Å²) >= 11 is 0. The highest BCUT2D eigenvalue weighted by atomic mass is 16.6. The number of ether oxygens (including phenoxy) is 3. The average molecular weight is 1000 g/mol. The predicted molar refractivity (Wildman–Crippen MR) is 307 cm³/mol. The Morgan fingerprint density at radius 2 is 0.380 bits per heavy atom. The van der Waals surface area contributed by atoms with Crippen molar-refractivity contribution < 1.29 is 28.6 Å². The summed E-state index contributed by atoms with van der Waals surface area (Å²) in [6.45, 7) is 6.69. The molecule has 1 unspecified atom stereocenters. The van der Waals surface area contributed by atoms with E-state index in [1.165, 1.54) is 283 Å². The summed E-state index contributed by atoms with van der Waals surface area (Å²) in [6, 6.07) is 0. The molecule has 0 fully saturated rings. The molecule has 6 nitrogen and oxygen atoms in total. The van der Waals surface area contributed by atoms with E-state index in [-0.39, 0.29) is 31.1 Å². The van der Waals surface area contributed by atoms with E-state index in [1.807, 2.05) is 0 Å². The minimum Gasteiger partial charge on any atom is -0.462 e. The molecule has 0 aromatic rings. The Hall–Kier alpha value is -1.59. The van der Waals surface area contributed by atoms with E-state index in [9.17, 15) is 14.4 Å². The Bertz CT molecular complexity index is 1060. The molecule has 422 valence electrons. The zero-order chi connectivity index (χ0) is 51.4. The molecule has 0 heterocycles. The number of hydrogen-bond acceptors (Lipinski definition) is 6. The Morgan fingerprint density at radius 3 is 0.563 bits per heavy atom. The lowest BCUT2D eigenvalue weighted by Crippen LogP contribution is -2.30. The van der Waals surface area contributed by atoms with E-state index >= 15 is 0 Å². The van der Waals surface area contributed by atoms with Crippen LogP contribution in [0.3, 0.4) is 0 Å². The largest absolute Gasteiger partial charge is 0.462 e. The fraction of sp³-hybridized carbons (Fsp3) is 0.954. The van der Waals surface area contributed by atoms with Gasteiger partial charge in [0.2, 0.25) is 0 Å². The Balaban J connectivity index is 3.97. The first-order chi connectivity index (χ1) is 35.0. The molecule has 0 saturated carbocycles. The first-order valence-corrected chi connectivity index (χ1v) is 32.5. The summed E-state index contributed by atoms with van der Waals surface area (Å²) in [5.74, 6) is -0.835. The topological polar surface area (TPSA) is 78.9 Å². The van der Waals surface area contributed by atoms with Crippen molar-refractivity contribution in [1.29, 1.82) is 0 Å². The predicted octanol–water partition coefficient (Wildman–Crippen LogP) is 21.9. The van der Waals surface area contributed by atoms with Crippen molar-refractivity contribution in [3.05, 3.63) is 0 Å². The zero-order valence-corrected chi connectivity index (χ0v) is 48.5. The van der Waals surface area contributed by atoms with Crippen LogP contribution in [0.15, 0.2) is 0 Å². The third-order valence-electron chi connectivity index (χ3n) is 15.1. The Kier molecular flexibility index (Phi) is 59.6. The first kappa shape index (κ1) is 69.4. The lowest BCUT2D eigenvalue weighted by molar-refractivity contribution is -0.167. The van der Waals surface area contributed by atoms with E-state index < -0.39 is 6.10 Å². The zero-order valence-electron chi connectivity index (χ0n) is 48.5. The van der Waals surface area contributed by atoms with Crippen LogP contribution < -0.4 is 0 Å². The summed E-state index contributed by atoms with van der Waals surface area (Å²) in [5.41, 5.74) is 0. The minimum atomic E-state index is -0.760. The molecule has 6 heteroatoms. The second kappa shape index (κ2) is 61.0. The van der Waals surface area contributed by atoms with Gasteiger partial charge in [0.25, 0.3) is 0 Å². The molecule has 1 atom stereocenters. The molecular weight excluding hydrogens is 877 g/mol. The number of unbranched alkanes of at least 4 members (excludes halogenated alkanes) is 50. The van der Waals surface area contributed by atoms with Crippen LogP contribution in [-0.2, 0) is 28.6 Å². The van der Waals surface area contributed by atoms with Crippen LogP contribution >= 0.6 is 0 Å². The van der Waals surface area contributed by atoms with Crippen LogP contribution in [-0.4, -0.2) is 37.2 Å². The molecule has 0 saturated heterocycles. The molecule has 0 amide bonds. The van der Waals surface area contributed by atoms with Crippen LogP contribution in [0, 0.1) is 0 Å². The van der Waals surface area contributed by atoms with E-state index in [4.69, 9.17) is 14.2 Å². The standard InChI is InChI=1S/C65H126O6/c1-4-7-10-13-16-19-22-24-25-26-27-28-29-30-31-32-33-34-35-36-37-38-39-40-41-42-44-46-49-52-55-58-64(67)70-61-62(60-69-63(66)57-54-51-48-45-21-18-15-12-9-6-3)71-65(68)59-56-53-50-47-43-23-20-17-14-11-8-5-2/h62H,4-61H2,1-3H3. The van der Waals surface area contributed by atoms with Crippen LogP contribution in [0.4, 0.5) is 0 Å². The van der Waals surface area contributed by atoms with Gasteiger partial charge < -0.3 is 14.2 Å². The van der Waals surface area contributed by atoms with Gasteiger partial charge in [0.1, 0.15) is 13.2 Å². The van der Waals surface area contributed by atoms with Crippen molar-refractivity contribution in [3.8, 4) is 0 Å². The normalized spacial score (nSPS) is 11.9. The highest BCUT2D eigenvalue weighted by molar-refractivity contribution is 5.71. The van der Waals surface area contributed by atoms with Gasteiger partial charge in [-0.15, -0.1) is 0 Å². The summed E-state index contributed by atoms with van der Waals surface area (Å²) in [6.07, 6.45) is 70.0. The molecule has 0 spiro atoms. The second-order valence-corrected chi connectivity index (χ2v) is 22.4. The maximum Gasteiger partial charge on any atom is 0.306 e. The van der Waals surface area contributed by atoms with Gasteiger partial charge in [0.05, 0.1) is 0 Å². The molecule has 0 aliphatic carbocycles. The molecule has 0 bridgehead atoms. The molecule has 0 radical (unpaired) electrons. The van der Waals surface area contributed by atoms with Crippen molar-refractivity contribution >= 4 is 17.9 Å². The number of carbonyl (C=O) groups excluding carboxylic acids is 3. The molecule has 0 aromatic heterocycles. The van der Waals surface area contributed by atoms with Crippen LogP contribution in [0.25, 0.3) is 0 Å². The van der Waals surface area contributed by atoms with Gasteiger partial charge in [-0.2, -0.15) is 0 Å². The molecule has 71 heavy (non-hydrogen) atoms. The fourth-order valence-electron chi connectivity index (χ4n) is 10.2.